The number of ether oxygens (including phenoxy) is 1. The fraction of sp³-hybridized carbons (Fsp3) is 0.316. The number of carbonyl (C=O) groups excluding carboxylic acids is 1. The van der Waals surface area contributed by atoms with Gasteiger partial charge >= 0.3 is 0 Å². The van der Waals surface area contributed by atoms with Crippen molar-refractivity contribution in [1.82, 2.24) is 10.2 Å². The fourth-order valence-electron chi connectivity index (χ4n) is 2.35. The lowest BCUT2D eigenvalue weighted by Gasteiger charge is -2.14. The number of benzene rings is 2. The van der Waals surface area contributed by atoms with Gasteiger partial charge in [-0.15, -0.1) is 0 Å². The molecule has 24 heavy (non-hydrogen) atoms. The predicted molar refractivity (Wildman–Crippen MR) is 92.6 cm³/mol. The van der Waals surface area contributed by atoms with E-state index in [-0.39, 0.29) is 5.56 Å². The van der Waals surface area contributed by atoms with Gasteiger partial charge in [0.2, 0.25) is 0 Å². The summed E-state index contributed by atoms with van der Waals surface area (Å²) in [5.74, 6) is -0.645. The molecular formula is C19H23FN2O2. The van der Waals surface area contributed by atoms with Crippen LogP contribution in [0.5, 0.6) is 5.75 Å². The zero-order chi connectivity index (χ0) is 17.5. The summed E-state index contributed by atoms with van der Waals surface area (Å²) in [6.45, 7) is 4.28. The zero-order valence-corrected chi connectivity index (χ0v) is 14.3. The van der Waals surface area contributed by atoms with Crippen molar-refractivity contribution in [3.8, 4) is 5.75 Å². The van der Waals surface area contributed by atoms with Crippen molar-refractivity contribution < 1.29 is 13.9 Å². The van der Waals surface area contributed by atoms with E-state index < -0.39 is 11.7 Å². The number of carbonyl (C=O) groups is 1. The summed E-state index contributed by atoms with van der Waals surface area (Å²) in [6.07, 6.45) is 0. The number of methoxy groups -OCH3 is 1. The molecule has 0 spiro atoms. The maximum Gasteiger partial charge on any atom is 0.254 e. The van der Waals surface area contributed by atoms with E-state index >= 15 is 0 Å². The topological polar surface area (TPSA) is 41.6 Å². The molecule has 0 heterocycles. The lowest BCUT2D eigenvalue weighted by Crippen LogP contribution is -2.24. The molecule has 0 radical (unpaired) electrons. The summed E-state index contributed by atoms with van der Waals surface area (Å²) in [5, 5.41) is 2.75. The summed E-state index contributed by atoms with van der Waals surface area (Å²) >= 11 is 0. The molecule has 0 saturated carbocycles. The predicted octanol–water partition coefficient (Wildman–Crippen LogP) is 3.22. The first-order valence-corrected chi connectivity index (χ1v) is 7.91. The quantitative estimate of drug-likeness (QED) is 0.847. The molecule has 4 nitrogen and oxygen atoms in total. The standard InChI is InChI=1S/C19H23FN2O2/c1-4-22(2)13-15-7-5-6-14(10-15)12-21-19(23)17-9-8-16(24-3)11-18(17)20/h5-11H,4,12-13H2,1-3H3,(H,21,23). The van der Waals surface area contributed by atoms with Crippen molar-refractivity contribution >= 4 is 5.91 Å². The van der Waals surface area contributed by atoms with Gasteiger partial charge in [0.15, 0.2) is 0 Å². The largest absolute Gasteiger partial charge is 0.497 e. The Morgan fingerprint density at radius 3 is 2.62 bits per heavy atom. The van der Waals surface area contributed by atoms with E-state index in [0.717, 1.165) is 18.7 Å². The number of nitrogens with one attached hydrogen (secondary N) is 1. The SMILES string of the molecule is CCN(C)Cc1cccc(CNC(=O)c2ccc(OC)cc2F)c1. The van der Waals surface area contributed by atoms with Crippen molar-refractivity contribution in [1.29, 1.82) is 0 Å². The molecule has 0 aromatic heterocycles. The van der Waals surface area contributed by atoms with Crippen molar-refractivity contribution in [3.05, 3.63) is 65.0 Å². The lowest BCUT2D eigenvalue weighted by molar-refractivity contribution is 0.0947. The minimum atomic E-state index is -0.592. The third-order valence-electron chi connectivity index (χ3n) is 3.86. The monoisotopic (exact) mass is 330 g/mol. The number of halogens is 1. The molecular weight excluding hydrogens is 307 g/mol. The molecule has 5 heteroatoms. The van der Waals surface area contributed by atoms with Crippen LogP contribution in [0.1, 0.15) is 28.4 Å². The molecule has 0 aliphatic carbocycles. The number of hydrogen-bond acceptors (Lipinski definition) is 3. The number of amides is 1. The van der Waals surface area contributed by atoms with Crippen LogP contribution in [0, 0.1) is 5.82 Å². The molecule has 1 amide bonds. The average Bonchev–Trinajstić information content (AvgIpc) is 2.59. The normalized spacial score (nSPS) is 10.7. The van der Waals surface area contributed by atoms with E-state index in [0.29, 0.717) is 12.3 Å². The average molecular weight is 330 g/mol. The Balaban J connectivity index is 2.00. The van der Waals surface area contributed by atoms with Crippen LogP contribution in [0.4, 0.5) is 4.39 Å². The van der Waals surface area contributed by atoms with Crippen LogP contribution >= 0.6 is 0 Å². The third kappa shape index (κ3) is 4.80. The second kappa shape index (κ2) is 8.45. The Hall–Kier alpha value is -2.40. The van der Waals surface area contributed by atoms with Gasteiger partial charge < -0.3 is 15.0 Å². The van der Waals surface area contributed by atoms with Gasteiger partial charge in [-0.25, -0.2) is 4.39 Å². The lowest BCUT2D eigenvalue weighted by atomic mass is 10.1. The zero-order valence-electron chi connectivity index (χ0n) is 14.3. The van der Waals surface area contributed by atoms with E-state index in [1.165, 1.54) is 24.8 Å². The second-order valence-electron chi connectivity index (χ2n) is 5.68. The first-order valence-electron chi connectivity index (χ1n) is 7.91. The van der Waals surface area contributed by atoms with Crippen LogP contribution in [-0.4, -0.2) is 31.5 Å². The highest BCUT2D eigenvalue weighted by Crippen LogP contribution is 2.16. The van der Waals surface area contributed by atoms with Crippen molar-refractivity contribution in [2.75, 3.05) is 20.7 Å². The van der Waals surface area contributed by atoms with E-state index in [1.807, 2.05) is 12.1 Å². The van der Waals surface area contributed by atoms with Crippen LogP contribution in [0.2, 0.25) is 0 Å². The Kier molecular flexibility index (Phi) is 6.32. The van der Waals surface area contributed by atoms with Gasteiger partial charge in [0.1, 0.15) is 11.6 Å². The van der Waals surface area contributed by atoms with Gasteiger partial charge in [-0.3, -0.25) is 4.79 Å². The van der Waals surface area contributed by atoms with Crippen LogP contribution in [0.3, 0.4) is 0 Å². The number of hydrogen-bond donors (Lipinski definition) is 1. The Labute approximate surface area is 142 Å². The molecule has 2 rings (SSSR count). The van der Waals surface area contributed by atoms with Gasteiger partial charge in [-0.2, -0.15) is 0 Å². The molecule has 0 saturated heterocycles. The molecule has 2 aromatic carbocycles. The van der Waals surface area contributed by atoms with Crippen molar-refractivity contribution in [2.24, 2.45) is 0 Å². The van der Waals surface area contributed by atoms with Crippen LogP contribution < -0.4 is 10.1 Å². The maximum absolute atomic E-state index is 13.9. The molecule has 0 aliphatic rings. The molecule has 1 N–H and O–H groups in total. The van der Waals surface area contributed by atoms with Crippen LogP contribution in [-0.2, 0) is 13.1 Å². The molecule has 0 unspecified atom stereocenters. The molecule has 0 aliphatic heterocycles. The summed E-state index contributed by atoms with van der Waals surface area (Å²) in [7, 11) is 3.51. The molecule has 0 atom stereocenters. The summed E-state index contributed by atoms with van der Waals surface area (Å²) in [4.78, 5) is 14.3. The van der Waals surface area contributed by atoms with Crippen LogP contribution in [0.25, 0.3) is 0 Å². The van der Waals surface area contributed by atoms with Gasteiger partial charge in [-0.05, 0) is 36.9 Å². The Morgan fingerprint density at radius 2 is 1.96 bits per heavy atom. The highest BCUT2D eigenvalue weighted by Gasteiger charge is 2.12. The van der Waals surface area contributed by atoms with E-state index in [9.17, 15) is 9.18 Å². The first kappa shape index (κ1) is 17.9. The summed E-state index contributed by atoms with van der Waals surface area (Å²) in [6, 6.07) is 12.2. The molecule has 0 fully saturated rings. The van der Waals surface area contributed by atoms with Crippen molar-refractivity contribution in [2.45, 2.75) is 20.0 Å². The number of rotatable bonds is 7. The van der Waals surface area contributed by atoms with Gasteiger partial charge in [0.25, 0.3) is 5.91 Å². The number of nitrogens with zero attached hydrogens (tertiary/aromatic N) is 1. The minimum Gasteiger partial charge on any atom is -0.497 e. The molecule has 128 valence electrons. The van der Waals surface area contributed by atoms with E-state index in [2.05, 4.69) is 36.3 Å². The maximum atomic E-state index is 13.9. The van der Waals surface area contributed by atoms with Gasteiger partial charge in [0.05, 0.1) is 12.7 Å². The van der Waals surface area contributed by atoms with E-state index in [4.69, 9.17) is 4.74 Å². The van der Waals surface area contributed by atoms with Gasteiger partial charge in [-0.1, -0.05) is 31.2 Å². The Morgan fingerprint density at radius 1 is 1.21 bits per heavy atom. The summed E-state index contributed by atoms with van der Waals surface area (Å²) in [5.41, 5.74) is 2.18. The second-order valence-corrected chi connectivity index (χ2v) is 5.68. The first-order chi connectivity index (χ1) is 11.5. The molecule has 0 bridgehead atoms. The molecule has 2 aromatic rings. The third-order valence-corrected chi connectivity index (χ3v) is 3.86. The smallest absolute Gasteiger partial charge is 0.254 e. The highest BCUT2D eigenvalue weighted by molar-refractivity contribution is 5.94. The van der Waals surface area contributed by atoms with Crippen LogP contribution in [0.15, 0.2) is 42.5 Å². The Bertz CT molecular complexity index is 704. The van der Waals surface area contributed by atoms with Crippen molar-refractivity contribution in [3.63, 3.8) is 0 Å². The van der Waals surface area contributed by atoms with Gasteiger partial charge in [0, 0.05) is 19.2 Å². The van der Waals surface area contributed by atoms with E-state index in [1.54, 1.807) is 6.07 Å². The highest BCUT2D eigenvalue weighted by atomic mass is 19.1. The fourth-order valence-corrected chi connectivity index (χ4v) is 2.35. The summed E-state index contributed by atoms with van der Waals surface area (Å²) < 4.78 is 18.9. The minimum absolute atomic E-state index is 0.0117.